The van der Waals surface area contributed by atoms with Crippen molar-refractivity contribution >= 4 is 10.8 Å². The van der Waals surface area contributed by atoms with E-state index < -0.39 is 5.41 Å². The first-order valence-electron chi connectivity index (χ1n) is 18.4. The fourth-order valence-electron chi connectivity index (χ4n) is 9.28. The first kappa shape index (κ1) is 29.9. The van der Waals surface area contributed by atoms with Crippen molar-refractivity contribution in [1.82, 2.24) is 4.98 Å². The third kappa shape index (κ3) is 4.35. The van der Waals surface area contributed by atoms with Gasteiger partial charge in [-0.1, -0.05) is 176 Å². The number of aromatic nitrogens is 1. The summed E-state index contributed by atoms with van der Waals surface area (Å²) >= 11 is 0. The molecule has 0 fully saturated rings. The molecule has 1 heterocycles. The molecule has 1 heteroatoms. The van der Waals surface area contributed by atoms with Gasteiger partial charge in [-0.2, -0.15) is 0 Å². The van der Waals surface area contributed by atoms with Crippen molar-refractivity contribution in [3.05, 3.63) is 222 Å². The van der Waals surface area contributed by atoms with Crippen molar-refractivity contribution in [3.8, 4) is 67.0 Å². The van der Waals surface area contributed by atoms with Crippen LogP contribution < -0.4 is 0 Å². The average molecular weight is 672 g/mol. The Balaban J connectivity index is 1.25. The summed E-state index contributed by atoms with van der Waals surface area (Å²) in [5.41, 5.74) is 19.1. The largest absolute Gasteiger partial charge is 0.248 e. The second kappa shape index (κ2) is 11.6. The van der Waals surface area contributed by atoms with E-state index in [1.165, 1.54) is 72.0 Å². The van der Waals surface area contributed by atoms with E-state index >= 15 is 0 Å². The standard InChI is InChI=1S/C52H33N/c1-3-16-34(17-4-1)36-21-15-22-38(30-36)49-33-39(32-48(53-49)35-18-5-2-6-19-35)44-31-37-20-7-8-23-40(37)51-50(44)43-26-11-14-29-47(43)52(51)45-27-12-9-24-41(45)42-25-10-13-28-46(42)52/h1-33H. The molecule has 0 saturated carbocycles. The van der Waals surface area contributed by atoms with E-state index in [2.05, 4.69) is 200 Å². The molecule has 2 aliphatic carbocycles. The van der Waals surface area contributed by atoms with Crippen LogP contribution in [0.4, 0.5) is 0 Å². The number of hydrogen-bond donors (Lipinski definition) is 0. The summed E-state index contributed by atoms with van der Waals surface area (Å²) in [4.78, 5) is 5.36. The van der Waals surface area contributed by atoms with E-state index in [-0.39, 0.29) is 0 Å². The maximum atomic E-state index is 5.36. The maximum absolute atomic E-state index is 5.36. The van der Waals surface area contributed by atoms with E-state index in [9.17, 15) is 0 Å². The molecular weight excluding hydrogens is 639 g/mol. The number of fused-ring (bicyclic) bond motifs is 12. The van der Waals surface area contributed by atoms with Crippen LogP contribution in [-0.4, -0.2) is 4.98 Å². The van der Waals surface area contributed by atoms with Gasteiger partial charge in [-0.25, -0.2) is 4.98 Å². The van der Waals surface area contributed by atoms with Gasteiger partial charge in [-0.15, -0.1) is 0 Å². The van der Waals surface area contributed by atoms with Gasteiger partial charge < -0.3 is 0 Å². The summed E-state index contributed by atoms with van der Waals surface area (Å²) < 4.78 is 0. The van der Waals surface area contributed by atoms with Crippen molar-refractivity contribution in [2.75, 3.05) is 0 Å². The molecule has 53 heavy (non-hydrogen) atoms. The van der Waals surface area contributed by atoms with Crippen LogP contribution in [0, 0.1) is 0 Å². The summed E-state index contributed by atoms with van der Waals surface area (Å²) in [5, 5.41) is 2.53. The second-order valence-electron chi connectivity index (χ2n) is 14.2. The minimum atomic E-state index is -0.448. The molecule has 0 aliphatic heterocycles. The van der Waals surface area contributed by atoms with Gasteiger partial charge in [0.1, 0.15) is 0 Å². The smallest absolute Gasteiger partial charge is 0.0731 e. The van der Waals surface area contributed by atoms with Crippen molar-refractivity contribution in [1.29, 1.82) is 0 Å². The minimum absolute atomic E-state index is 0.448. The quantitative estimate of drug-likeness (QED) is 0.181. The Hall–Kier alpha value is -6.83. The molecular formula is C52H33N. The van der Waals surface area contributed by atoms with Crippen molar-refractivity contribution < 1.29 is 0 Å². The Morgan fingerprint density at radius 2 is 0.830 bits per heavy atom. The number of pyridine rings is 1. The highest BCUT2D eigenvalue weighted by Gasteiger charge is 2.52. The molecule has 0 saturated heterocycles. The van der Waals surface area contributed by atoms with E-state index in [1.54, 1.807) is 0 Å². The van der Waals surface area contributed by atoms with Gasteiger partial charge in [0.15, 0.2) is 0 Å². The average Bonchev–Trinajstić information content (AvgIpc) is 3.72. The lowest BCUT2D eigenvalue weighted by Crippen LogP contribution is -2.26. The van der Waals surface area contributed by atoms with E-state index in [1.807, 2.05) is 0 Å². The second-order valence-corrected chi connectivity index (χ2v) is 14.2. The molecule has 1 nitrogen and oxygen atoms in total. The van der Waals surface area contributed by atoms with E-state index in [4.69, 9.17) is 4.98 Å². The molecule has 2 aliphatic rings. The first-order chi connectivity index (χ1) is 26.3. The highest BCUT2D eigenvalue weighted by atomic mass is 14.7. The van der Waals surface area contributed by atoms with Gasteiger partial charge in [0.05, 0.1) is 16.8 Å². The molecule has 1 spiro atoms. The van der Waals surface area contributed by atoms with Crippen molar-refractivity contribution in [2.24, 2.45) is 0 Å². The van der Waals surface area contributed by atoms with Crippen LogP contribution in [0.1, 0.15) is 22.3 Å². The highest BCUT2D eigenvalue weighted by molar-refractivity contribution is 6.09. The number of nitrogens with zero attached hydrogens (tertiary/aromatic N) is 1. The van der Waals surface area contributed by atoms with Crippen LogP contribution in [0.3, 0.4) is 0 Å². The lowest BCUT2D eigenvalue weighted by molar-refractivity contribution is 0.801. The zero-order chi connectivity index (χ0) is 34.9. The predicted octanol–water partition coefficient (Wildman–Crippen LogP) is 13.2. The number of rotatable bonds is 4. The first-order valence-corrected chi connectivity index (χ1v) is 18.4. The van der Waals surface area contributed by atoms with E-state index in [0.717, 1.165) is 28.1 Å². The number of benzene rings is 8. The predicted molar refractivity (Wildman–Crippen MR) is 220 cm³/mol. The summed E-state index contributed by atoms with van der Waals surface area (Å²) in [6.45, 7) is 0. The molecule has 1 aromatic heterocycles. The van der Waals surface area contributed by atoms with Crippen LogP contribution in [0.25, 0.3) is 77.8 Å². The van der Waals surface area contributed by atoms with Gasteiger partial charge in [-0.3, -0.25) is 0 Å². The molecule has 9 aromatic rings. The van der Waals surface area contributed by atoms with Crippen LogP contribution >= 0.6 is 0 Å². The lowest BCUT2D eigenvalue weighted by Gasteiger charge is -2.31. The van der Waals surface area contributed by atoms with Crippen LogP contribution in [0.2, 0.25) is 0 Å². The summed E-state index contributed by atoms with van der Waals surface area (Å²) in [5.74, 6) is 0. The normalized spacial score (nSPS) is 13.1. The summed E-state index contributed by atoms with van der Waals surface area (Å²) in [7, 11) is 0. The summed E-state index contributed by atoms with van der Waals surface area (Å²) in [6.07, 6.45) is 0. The Morgan fingerprint density at radius 3 is 1.53 bits per heavy atom. The van der Waals surface area contributed by atoms with Crippen LogP contribution in [-0.2, 0) is 5.41 Å². The molecule has 0 atom stereocenters. The van der Waals surface area contributed by atoms with E-state index in [0.29, 0.717) is 0 Å². The zero-order valence-corrected chi connectivity index (χ0v) is 29.0. The molecule has 0 radical (unpaired) electrons. The Bertz CT molecular complexity index is 2840. The molecule has 8 aromatic carbocycles. The molecule has 11 rings (SSSR count). The van der Waals surface area contributed by atoms with Gasteiger partial charge >= 0.3 is 0 Å². The Morgan fingerprint density at radius 1 is 0.321 bits per heavy atom. The van der Waals surface area contributed by atoms with Crippen molar-refractivity contribution in [3.63, 3.8) is 0 Å². The van der Waals surface area contributed by atoms with Crippen LogP contribution in [0.5, 0.6) is 0 Å². The fraction of sp³-hybridized carbons (Fsp3) is 0.0192. The third-order valence-corrected chi connectivity index (χ3v) is 11.4. The fourth-order valence-corrected chi connectivity index (χ4v) is 9.28. The topological polar surface area (TPSA) is 12.9 Å². The third-order valence-electron chi connectivity index (χ3n) is 11.4. The number of hydrogen-bond acceptors (Lipinski definition) is 1. The minimum Gasteiger partial charge on any atom is -0.248 e. The zero-order valence-electron chi connectivity index (χ0n) is 29.0. The Kier molecular flexibility index (Phi) is 6.53. The summed E-state index contributed by atoms with van der Waals surface area (Å²) in [6, 6.07) is 73.3. The molecule has 0 N–H and O–H groups in total. The molecule has 0 amide bonds. The maximum Gasteiger partial charge on any atom is 0.0731 e. The van der Waals surface area contributed by atoms with Gasteiger partial charge in [0, 0.05) is 11.1 Å². The monoisotopic (exact) mass is 671 g/mol. The Labute approximate surface area is 309 Å². The van der Waals surface area contributed by atoms with Gasteiger partial charge in [0.2, 0.25) is 0 Å². The van der Waals surface area contributed by atoms with Gasteiger partial charge in [-0.05, 0) is 102 Å². The molecule has 246 valence electrons. The van der Waals surface area contributed by atoms with Crippen LogP contribution in [0.15, 0.2) is 200 Å². The highest BCUT2D eigenvalue weighted by Crippen LogP contribution is 2.65. The van der Waals surface area contributed by atoms with Crippen molar-refractivity contribution in [2.45, 2.75) is 5.41 Å². The molecule has 0 bridgehead atoms. The van der Waals surface area contributed by atoms with Gasteiger partial charge in [0.25, 0.3) is 0 Å². The SMILES string of the molecule is c1ccc(-c2cccc(-c3cc(-c4cc5ccccc5c5c4-c4ccccc4C54c5ccccc5-c5ccccc54)cc(-c4ccccc4)n3)c2)cc1. The molecule has 0 unspecified atom stereocenters. The lowest BCUT2D eigenvalue weighted by atomic mass is 9.69.